The number of aryl methyl sites for hydroxylation is 1. The summed E-state index contributed by atoms with van der Waals surface area (Å²) in [6.45, 7) is 3.92. The smallest absolute Gasteiger partial charge is 0.408 e. The standard InChI is InChI=1S/C25H41FIN5O4/c1-18(33)21(12-7-9-15-28)29-24(35)36-20(17-27)11-5-4-10-16-32-22-13-6-3-8-14-25(26,19(2)34)23(22)30-31-32/h20-21H,3-17,28H2,1-2H3,(H,29,35). The summed E-state index contributed by atoms with van der Waals surface area (Å²) < 4.78 is 23.4. The Labute approximate surface area is 227 Å². The van der Waals surface area contributed by atoms with Crippen molar-refractivity contribution in [3.05, 3.63) is 11.4 Å². The Bertz CT molecular complexity index is 868. The van der Waals surface area contributed by atoms with Crippen LogP contribution >= 0.6 is 22.6 Å². The van der Waals surface area contributed by atoms with Gasteiger partial charge in [-0.3, -0.25) is 9.59 Å². The third-order valence-corrected chi connectivity index (χ3v) is 7.76. The van der Waals surface area contributed by atoms with Crippen molar-refractivity contribution in [3.63, 3.8) is 0 Å². The number of hydrogen-bond donors (Lipinski definition) is 2. The van der Waals surface area contributed by atoms with Crippen LogP contribution < -0.4 is 11.1 Å². The number of nitrogens with two attached hydrogens (primary N) is 1. The summed E-state index contributed by atoms with van der Waals surface area (Å²) in [7, 11) is 0. The van der Waals surface area contributed by atoms with E-state index in [0.29, 0.717) is 43.2 Å². The van der Waals surface area contributed by atoms with Gasteiger partial charge in [0.25, 0.3) is 0 Å². The zero-order valence-corrected chi connectivity index (χ0v) is 23.7. The van der Waals surface area contributed by atoms with Crippen molar-refractivity contribution >= 4 is 40.3 Å². The molecule has 3 atom stereocenters. The Morgan fingerprint density at radius 2 is 1.89 bits per heavy atom. The average molecular weight is 622 g/mol. The lowest BCUT2D eigenvalue weighted by molar-refractivity contribution is -0.130. The van der Waals surface area contributed by atoms with Crippen molar-refractivity contribution in [2.75, 3.05) is 11.0 Å². The maximum Gasteiger partial charge on any atom is 0.408 e. The van der Waals surface area contributed by atoms with E-state index in [1.54, 1.807) is 4.68 Å². The molecule has 0 spiro atoms. The highest BCUT2D eigenvalue weighted by atomic mass is 127. The van der Waals surface area contributed by atoms with E-state index in [4.69, 9.17) is 10.5 Å². The Kier molecular flexibility index (Phi) is 13.2. The number of rotatable bonds is 15. The van der Waals surface area contributed by atoms with Gasteiger partial charge in [0.2, 0.25) is 5.67 Å². The molecule has 9 nitrogen and oxygen atoms in total. The fraction of sp³-hybridized carbons (Fsp3) is 0.800. The number of carbonyl (C=O) groups excluding carboxylic acids is 3. The van der Waals surface area contributed by atoms with Crippen LogP contribution in [0.25, 0.3) is 0 Å². The van der Waals surface area contributed by atoms with Crippen LogP contribution in [-0.2, 0) is 33.0 Å². The summed E-state index contributed by atoms with van der Waals surface area (Å²) in [4.78, 5) is 36.2. The van der Waals surface area contributed by atoms with Crippen molar-refractivity contribution in [1.29, 1.82) is 0 Å². The second-order valence-electron chi connectivity index (χ2n) is 9.65. The van der Waals surface area contributed by atoms with E-state index < -0.39 is 23.6 Å². The first-order chi connectivity index (χ1) is 17.2. The summed E-state index contributed by atoms with van der Waals surface area (Å²) in [6, 6.07) is -0.549. The number of ether oxygens (including phenoxy) is 1. The largest absolute Gasteiger partial charge is 0.445 e. The van der Waals surface area contributed by atoms with Crippen molar-refractivity contribution < 1.29 is 23.5 Å². The number of alkyl halides is 2. The van der Waals surface area contributed by atoms with Crippen LogP contribution in [0, 0.1) is 0 Å². The number of amides is 1. The first-order valence-corrected chi connectivity index (χ1v) is 14.6. The van der Waals surface area contributed by atoms with Gasteiger partial charge in [0.15, 0.2) is 11.6 Å². The molecule has 1 aliphatic carbocycles. The number of halogens is 2. The quantitative estimate of drug-likeness (QED) is 0.170. The van der Waals surface area contributed by atoms with Crippen LogP contribution in [0.5, 0.6) is 0 Å². The van der Waals surface area contributed by atoms with Crippen molar-refractivity contribution in [2.45, 2.75) is 115 Å². The molecule has 3 unspecified atom stereocenters. The highest BCUT2D eigenvalue weighted by molar-refractivity contribution is 14.1. The van der Waals surface area contributed by atoms with Gasteiger partial charge in [0.1, 0.15) is 11.8 Å². The topological polar surface area (TPSA) is 129 Å². The summed E-state index contributed by atoms with van der Waals surface area (Å²) >= 11 is 2.19. The number of fused-ring (bicyclic) bond motifs is 1. The fourth-order valence-electron chi connectivity index (χ4n) is 4.54. The number of alkyl carbamates (subject to hydrolysis) is 1. The molecule has 0 saturated carbocycles. The number of aromatic nitrogens is 3. The molecular formula is C25H41FIN5O4. The van der Waals surface area contributed by atoms with Crippen molar-refractivity contribution in [1.82, 2.24) is 20.3 Å². The normalized spacial score (nSPS) is 19.5. The average Bonchev–Trinajstić information content (AvgIpc) is 3.23. The second kappa shape index (κ2) is 15.6. The Morgan fingerprint density at radius 3 is 2.56 bits per heavy atom. The fourth-order valence-corrected chi connectivity index (χ4v) is 5.16. The lowest BCUT2D eigenvalue weighted by Gasteiger charge is -2.24. The summed E-state index contributed by atoms with van der Waals surface area (Å²) in [5, 5.41) is 10.9. The minimum absolute atomic E-state index is 0.0927. The number of nitrogens with zero attached hydrogens (tertiary/aromatic N) is 3. The van der Waals surface area contributed by atoms with Gasteiger partial charge in [0.05, 0.1) is 11.7 Å². The molecule has 1 aromatic heterocycles. The van der Waals surface area contributed by atoms with Gasteiger partial charge >= 0.3 is 6.09 Å². The first kappa shape index (κ1) is 30.6. The third-order valence-electron chi connectivity index (χ3n) is 6.78. The molecule has 0 fully saturated rings. The molecule has 1 heterocycles. The van der Waals surface area contributed by atoms with Crippen LogP contribution in [0.3, 0.4) is 0 Å². The molecule has 204 valence electrons. The number of ketones is 2. The minimum atomic E-state index is -2.04. The Morgan fingerprint density at radius 1 is 1.14 bits per heavy atom. The molecule has 1 aliphatic rings. The molecule has 0 radical (unpaired) electrons. The van der Waals surface area contributed by atoms with E-state index in [-0.39, 0.29) is 24.0 Å². The SMILES string of the molecule is CC(=O)C(CCCCN)NC(=O)OC(CI)CCCCCn1nnc2c1CCCCCC2(F)C(C)=O. The van der Waals surface area contributed by atoms with E-state index in [0.717, 1.165) is 50.6 Å². The maximum atomic E-state index is 15.5. The molecule has 11 heteroatoms. The predicted molar refractivity (Wildman–Crippen MR) is 144 cm³/mol. The van der Waals surface area contributed by atoms with Gasteiger partial charge in [-0.15, -0.1) is 5.10 Å². The van der Waals surface area contributed by atoms with Gasteiger partial charge < -0.3 is 15.8 Å². The molecule has 1 amide bonds. The van der Waals surface area contributed by atoms with Crippen molar-refractivity contribution in [2.24, 2.45) is 5.73 Å². The number of Topliss-reactive ketones (excluding diaryl/α,β-unsaturated/α-hetero) is 2. The molecule has 0 bridgehead atoms. The van der Waals surface area contributed by atoms with Gasteiger partial charge in [0, 0.05) is 11.0 Å². The highest BCUT2D eigenvalue weighted by Crippen LogP contribution is 2.36. The molecule has 1 aromatic rings. The van der Waals surface area contributed by atoms with E-state index in [1.165, 1.54) is 13.8 Å². The zero-order chi connectivity index (χ0) is 26.6. The van der Waals surface area contributed by atoms with E-state index in [2.05, 4.69) is 38.2 Å². The number of unbranched alkanes of at least 4 members (excludes halogenated alkanes) is 3. The lowest BCUT2D eigenvalue weighted by atomic mass is 9.86. The molecule has 0 aromatic carbocycles. The lowest BCUT2D eigenvalue weighted by Crippen LogP contribution is -2.41. The minimum Gasteiger partial charge on any atom is -0.445 e. The maximum absolute atomic E-state index is 15.5. The molecule has 2 rings (SSSR count). The number of carbonyl (C=O) groups is 3. The van der Waals surface area contributed by atoms with E-state index in [9.17, 15) is 14.4 Å². The Balaban J connectivity index is 1.80. The first-order valence-electron chi connectivity index (χ1n) is 13.1. The van der Waals surface area contributed by atoms with Crippen LogP contribution in [0.4, 0.5) is 9.18 Å². The van der Waals surface area contributed by atoms with Gasteiger partial charge in [-0.2, -0.15) is 0 Å². The zero-order valence-electron chi connectivity index (χ0n) is 21.6. The Hall–Kier alpha value is -1.63. The summed E-state index contributed by atoms with van der Waals surface area (Å²) in [5.74, 6) is -0.596. The van der Waals surface area contributed by atoms with E-state index in [1.807, 2.05) is 0 Å². The molecule has 0 aliphatic heterocycles. The van der Waals surface area contributed by atoms with Gasteiger partial charge in [-0.05, 0) is 84.6 Å². The molecular weight excluding hydrogens is 580 g/mol. The predicted octanol–water partition coefficient (Wildman–Crippen LogP) is 4.33. The number of hydrogen-bond acceptors (Lipinski definition) is 7. The second-order valence-corrected chi connectivity index (χ2v) is 10.5. The van der Waals surface area contributed by atoms with E-state index >= 15 is 4.39 Å². The molecule has 0 saturated heterocycles. The summed E-state index contributed by atoms with van der Waals surface area (Å²) in [5.41, 5.74) is 4.41. The summed E-state index contributed by atoms with van der Waals surface area (Å²) in [6.07, 6.45) is 7.93. The van der Waals surface area contributed by atoms with Crippen LogP contribution in [0.1, 0.15) is 95.9 Å². The van der Waals surface area contributed by atoms with Gasteiger partial charge in [-0.1, -0.05) is 40.6 Å². The monoisotopic (exact) mass is 621 g/mol. The van der Waals surface area contributed by atoms with Crippen LogP contribution in [-0.4, -0.2) is 55.8 Å². The molecule has 3 N–H and O–H groups in total. The highest BCUT2D eigenvalue weighted by Gasteiger charge is 2.43. The van der Waals surface area contributed by atoms with Crippen LogP contribution in [0.2, 0.25) is 0 Å². The molecule has 36 heavy (non-hydrogen) atoms. The van der Waals surface area contributed by atoms with Gasteiger partial charge in [-0.25, -0.2) is 13.9 Å². The van der Waals surface area contributed by atoms with Crippen molar-refractivity contribution in [3.8, 4) is 0 Å². The van der Waals surface area contributed by atoms with Crippen LogP contribution in [0.15, 0.2) is 0 Å². The number of nitrogens with one attached hydrogen (secondary N) is 1. The third kappa shape index (κ3) is 9.04.